The first-order valence-corrected chi connectivity index (χ1v) is 9.54. The highest BCUT2D eigenvalue weighted by atomic mass is 16.5. The van der Waals surface area contributed by atoms with Crippen LogP contribution in [0.5, 0.6) is 5.75 Å². The van der Waals surface area contributed by atoms with E-state index in [1.807, 2.05) is 26.0 Å². The van der Waals surface area contributed by atoms with E-state index in [0.717, 1.165) is 11.1 Å². The molecule has 1 saturated heterocycles. The standard InChI is InChI=1S/C23H22N2O3/c1-15-10-19-20(26)13-23(28-21(19)11-16(15)2)6-8-25(9-7-23)22(27)18-5-3-4-17(12-18)14-24/h3-5,10-12H,6-9,13H2,1-2H3. The molecular weight excluding hydrogens is 352 g/mol. The summed E-state index contributed by atoms with van der Waals surface area (Å²) in [6, 6.07) is 12.7. The molecule has 0 atom stereocenters. The molecule has 0 bridgehead atoms. The lowest BCUT2D eigenvalue weighted by Crippen LogP contribution is -2.52. The lowest BCUT2D eigenvalue weighted by molar-refractivity contribution is -0.00575. The largest absolute Gasteiger partial charge is 0.486 e. The van der Waals surface area contributed by atoms with Gasteiger partial charge >= 0.3 is 0 Å². The van der Waals surface area contributed by atoms with Crippen molar-refractivity contribution in [1.82, 2.24) is 4.90 Å². The molecule has 2 aliphatic heterocycles. The van der Waals surface area contributed by atoms with Gasteiger partial charge in [-0.05, 0) is 55.3 Å². The number of aryl methyl sites for hydroxylation is 2. The first-order chi connectivity index (χ1) is 13.4. The normalized spacial score (nSPS) is 17.6. The topological polar surface area (TPSA) is 70.4 Å². The number of piperidine rings is 1. The number of benzene rings is 2. The number of fused-ring (bicyclic) bond motifs is 1. The van der Waals surface area contributed by atoms with Gasteiger partial charge < -0.3 is 9.64 Å². The molecule has 0 radical (unpaired) electrons. The Morgan fingerprint density at radius 3 is 2.57 bits per heavy atom. The molecule has 0 unspecified atom stereocenters. The summed E-state index contributed by atoms with van der Waals surface area (Å²) in [5.41, 5.74) is 3.33. The fraction of sp³-hybridized carbons (Fsp3) is 0.348. The van der Waals surface area contributed by atoms with Crippen molar-refractivity contribution in [3.05, 3.63) is 64.2 Å². The van der Waals surface area contributed by atoms with Gasteiger partial charge in [-0.2, -0.15) is 5.26 Å². The number of nitrogens with zero attached hydrogens (tertiary/aromatic N) is 2. The maximum atomic E-state index is 12.8. The molecule has 0 N–H and O–H groups in total. The Morgan fingerprint density at radius 1 is 1.14 bits per heavy atom. The smallest absolute Gasteiger partial charge is 0.253 e. The molecule has 1 amide bonds. The number of carbonyl (C=O) groups excluding carboxylic acids is 2. The second-order valence-electron chi connectivity index (χ2n) is 7.80. The van der Waals surface area contributed by atoms with E-state index in [-0.39, 0.29) is 11.7 Å². The molecule has 2 aromatic rings. The first-order valence-electron chi connectivity index (χ1n) is 9.54. The zero-order valence-electron chi connectivity index (χ0n) is 16.1. The zero-order chi connectivity index (χ0) is 19.9. The van der Waals surface area contributed by atoms with Crippen LogP contribution in [0.25, 0.3) is 0 Å². The number of ketones is 1. The average Bonchev–Trinajstić information content (AvgIpc) is 2.70. The lowest BCUT2D eigenvalue weighted by atomic mass is 9.81. The van der Waals surface area contributed by atoms with Crippen LogP contribution >= 0.6 is 0 Å². The van der Waals surface area contributed by atoms with E-state index in [1.54, 1.807) is 29.2 Å². The molecule has 2 heterocycles. The van der Waals surface area contributed by atoms with Gasteiger partial charge in [0.25, 0.3) is 5.91 Å². The number of hydrogen-bond donors (Lipinski definition) is 0. The number of hydrogen-bond acceptors (Lipinski definition) is 4. The van der Waals surface area contributed by atoms with E-state index in [9.17, 15) is 9.59 Å². The average molecular weight is 374 g/mol. The summed E-state index contributed by atoms with van der Waals surface area (Å²) in [5.74, 6) is 0.702. The minimum Gasteiger partial charge on any atom is -0.486 e. The summed E-state index contributed by atoms with van der Waals surface area (Å²) in [6.07, 6.45) is 1.60. The molecule has 0 aromatic heterocycles. The highest BCUT2D eigenvalue weighted by Gasteiger charge is 2.43. The van der Waals surface area contributed by atoms with Gasteiger partial charge in [-0.3, -0.25) is 9.59 Å². The summed E-state index contributed by atoms with van der Waals surface area (Å²) < 4.78 is 6.34. The highest BCUT2D eigenvalue weighted by Crippen LogP contribution is 2.40. The Hall–Kier alpha value is -3.13. The fourth-order valence-corrected chi connectivity index (χ4v) is 4.05. The molecule has 5 heteroatoms. The third-order valence-electron chi connectivity index (χ3n) is 5.91. The van der Waals surface area contributed by atoms with Crippen LogP contribution in [0.2, 0.25) is 0 Å². The number of nitriles is 1. The number of amides is 1. The molecule has 1 fully saturated rings. The molecule has 2 aliphatic rings. The number of rotatable bonds is 1. The van der Waals surface area contributed by atoms with Crippen LogP contribution in [0.15, 0.2) is 36.4 Å². The van der Waals surface area contributed by atoms with Gasteiger partial charge in [-0.15, -0.1) is 0 Å². The monoisotopic (exact) mass is 374 g/mol. The summed E-state index contributed by atoms with van der Waals surface area (Å²) in [6.45, 7) is 5.08. The molecule has 0 saturated carbocycles. The van der Waals surface area contributed by atoms with E-state index in [0.29, 0.717) is 54.8 Å². The highest BCUT2D eigenvalue weighted by molar-refractivity contribution is 6.00. The van der Waals surface area contributed by atoms with E-state index in [4.69, 9.17) is 10.00 Å². The molecule has 1 spiro atoms. The minimum absolute atomic E-state index is 0.0824. The number of Topliss-reactive ketones (excluding diaryl/α,β-unsaturated/α-hetero) is 1. The van der Waals surface area contributed by atoms with Gasteiger partial charge in [0.2, 0.25) is 0 Å². The molecule has 0 aliphatic carbocycles. The van der Waals surface area contributed by atoms with Gasteiger partial charge in [0, 0.05) is 31.5 Å². The molecule has 4 rings (SSSR count). The molecule has 5 nitrogen and oxygen atoms in total. The summed E-state index contributed by atoms with van der Waals surface area (Å²) in [7, 11) is 0. The van der Waals surface area contributed by atoms with Crippen LogP contribution in [-0.4, -0.2) is 35.3 Å². The van der Waals surface area contributed by atoms with E-state index >= 15 is 0 Å². The van der Waals surface area contributed by atoms with E-state index in [2.05, 4.69) is 6.07 Å². The van der Waals surface area contributed by atoms with Crippen molar-refractivity contribution in [3.63, 3.8) is 0 Å². The minimum atomic E-state index is -0.531. The van der Waals surface area contributed by atoms with Crippen molar-refractivity contribution >= 4 is 11.7 Å². The van der Waals surface area contributed by atoms with Crippen LogP contribution in [0, 0.1) is 25.2 Å². The zero-order valence-corrected chi connectivity index (χ0v) is 16.1. The number of ether oxygens (including phenoxy) is 1. The van der Waals surface area contributed by atoms with Crippen molar-refractivity contribution in [2.45, 2.75) is 38.7 Å². The maximum absolute atomic E-state index is 12.8. The SMILES string of the molecule is Cc1cc2c(cc1C)C(=O)CC1(CCN(C(=O)c3cccc(C#N)c3)CC1)O2. The predicted molar refractivity (Wildman–Crippen MR) is 105 cm³/mol. The van der Waals surface area contributed by atoms with Gasteiger partial charge in [0.15, 0.2) is 5.78 Å². The van der Waals surface area contributed by atoms with Crippen molar-refractivity contribution < 1.29 is 14.3 Å². The molecular formula is C23H22N2O3. The van der Waals surface area contributed by atoms with Crippen molar-refractivity contribution in [2.24, 2.45) is 0 Å². The van der Waals surface area contributed by atoms with Gasteiger partial charge in [-0.25, -0.2) is 0 Å². The number of likely N-dealkylation sites (tertiary alicyclic amines) is 1. The van der Waals surface area contributed by atoms with Crippen LogP contribution in [0.1, 0.15) is 56.7 Å². The van der Waals surface area contributed by atoms with Crippen LogP contribution in [-0.2, 0) is 0 Å². The fourth-order valence-electron chi connectivity index (χ4n) is 4.05. The van der Waals surface area contributed by atoms with Gasteiger partial charge in [-0.1, -0.05) is 6.07 Å². The molecule has 2 aromatic carbocycles. The van der Waals surface area contributed by atoms with Crippen molar-refractivity contribution in [2.75, 3.05) is 13.1 Å². The van der Waals surface area contributed by atoms with E-state index < -0.39 is 5.60 Å². The second-order valence-corrected chi connectivity index (χ2v) is 7.80. The Labute approximate surface area is 164 Å². The van der Waals surface area contributed by atoms with Gasteiger partial charge in [0.1, 0.15) is 11.4 Å². The molecule has 142 valence electrons. The van der Waals surface area contributed by atoms with Gasteiger partial charge in [0.05, 0.1) is 23.6 Å². The van der Waals surface area contributed by atoms with Crippen LogP contribution < -0.4 is 4.74 Å². The Balaban J connectivity index is 1.50. The van der Waals surface area contributed by atoms with Crippen LogP contribution in [0.4, 0.5) is 0 Å². The summed E-state index contributed by atoms with van der Waals surface area (Å²) in [4.78, 5) is 27.3. The second kappa shape index (κ2) is 6.79. The van der Waals surface area contributed by atoms with Crippen molar-refractivity contribution in [3.8, 4) is 11.8 Å². The quantitative estimate of drug-likeness (QED) is 0.761. The first kappa shape index (κ1) is 18.2. The van der Waals surface area contributed by atoms with Crippen molar-refractivity contribution in [1.29, 1.82) is 5.26 Å². The van der Waals surface area contributed by atoms with E-state index in [1.165, 1.54) is 0 Å². The number of carbonyl (C=O) groups is 2. The lowest BCUT2D eigenvalue weighted by Gasteiger charge is -2.44. The third kappa shape index (κ3) is 3.16. The Kier molecular flexibility index (Phi) is 4.43. The summed E-state index contributed by atoms with van der Waals surface area (Å²) >= 11 is 0. The van der Waals surface area contributed by atoms with Crippen LogP contribution in [0.3, 0.4) is 0 Å². The third-order valence-corrected chi connectivity index (χ3v) is 5.91. The Bertz CT molecular complexity index is 1010. The maximum Gasteiger partial charge on any atom is 0.253 e. The summed E-state index contributed by atoms with van der Waals surface area (Å²) in [5, 5.41) is 9.04. The predicted octanol–water partition coefficient (Wildman–Crippen LogP) is 3.82. The Morgan fingerprint density at radius 2 is 1.86 bits per heavy atom. The molecule has 28 heavy (non-hydrogen) atoms.